The highest BCUT2D eigenvalue weighted by atomic mass is 35.5. The molecule has 1 saturated heterocycles. The molecule has 0 amide bonds. The molecule has 1 aliphatic rings. The minimum Gasteiger partial charge on any atom is -0.394 e. The van der Waals surface area contributed by atoms with E-state index in [2.05, 4.69) is 0 Å². The van der Waals surface area contributed by atoms with Gasteiger partial charge in [-0.1, -0.05) is 11.6 Å². The van der Waals surface area contributed by atoms with Gasteiger partial charge in [-0.25, -0.2) is 0 Å². The van der Waals surface area contributed by atoms with Crippen LogP contribution in [0.1, 0.15) is 0 Å². The minimum atomic E-state index is -0.560. The van der Waals surface area contributed by atoms with Crippen LogP contribution in [0.5, 0.6) is 0 Å². The lowest BCUT2D eigenvalue weighted by Gasteiger charge is -2.27. The van der Waals surface area contributed by atoms with Crippen LogP contribution >= 0.6 is 11.6 Å². The van der Waals surface area contributed by atoms with Gasteiger partial charge in [-0.15, -0.1) is 0 Å². The Morgan fingerprint density at radius 2 is 2.18 bits per heavy atom. The fourth-order valence-electron chi connectivity index (χ4n) is 0.772. The summed E-state index contributed by atoms with van der Waals surface area (Å²) in [6.45, 7) is 1.16. The molecule has 0 aliphatic carbocycles. The summed E-state index contributed by atoms with van der Waals surface area (Å²) in [4.78, 5) is 0. The molecule has 2 atom stereocenters. The Bertz CT molecular complexity index is 111. The smallest absolute Gasteiger partial charge is 0.198 e. The second-order valence-electron chi connectivity index (χ2n) is 2.06. The third-order valence-electron chi connectivity index (χ3n) is 1.23. The van der Waals surface area contributed by atoms with Crippen molar-refractivity contribution in [3.8, 4) is 0 Å². The van der Waals surface area contributed by atoms with E-state index >= 15 is 0 Å². The number of halogens is 1. The lowest BCUT2D eigenvalue weighted by molar-refractivity contribution is -0.227. The quantitative estimate of drug-likeness (QED) is 0.621. The molecule has 0 bridgehead atoms. The lowest BCUT2D eigenvalue weighted by Crippen LogP contribution is -2.37. The Labute approximate surface area is 70.0 Å². The van der Waals surface area contributed by atoms with E-state index in [1.165, 1.54) is 0 Å². The number of hydrogen-bond donors (Lipinski definition) is 1. The number of rotatable bonds is 3. The second kappa shape index (κ2) is 4.90. The first-order valence-electron chi connectivity index (χ1n) is 3.44. The molecule has 0 aromatic carbocycles. The molecule has 1 fully saturated rings. The standard InChI is InChI=1S/C6H11ClO4/c7-5-6(10-2-1-8)11-4-3-9-5/h5-6,8H,1-4H2. The maximum atomic E-state index is 8.42. The van der Waals surface area contributed by atoms with Crippen molar-refractivity contribution in [3.05, 3.63) is 0 Å². The van der Waals surface area contributed by atoms with E-state index in [1.807, 2.05) is 0 Å². The maximum Gasteiger partial charge on any atom is 0.198 e. The zero-order chi connectivity index (χ0) is 8.10. The van der Waals surface area contributed by atoms with Crippen molar-refractivity contribution in [2.24, 2.45) is 0 Å². The van der Waals surface area contributed by atoms with Crippen LogP contribution in [-0.2, 0) is 14.2 Å². The highest BCUT2D eigenvalue weighted by Gasteiger charge is 2.24. The second-order valence-corrected chi connectivity index (χ2v) is 2.49. The van der Waals surface area contributed by atoms with Crippen molar-refractivity contribution >= 4 is 11.6 Å². The van der Waals surface area contributed by atoms with Crippen LogP contribution < -0.4 is 0 Å². The van der Waals surface area contributed by atoms with Crippen molar-refractivity contribution in [1.29, 1.82) is 0 Å². The molecule has 0 spiro atoms. The Morgan fingerprint density at radius 1 is 1.45 bits per heavy atom. The summed E-state index contributed by atoms with van der Waals surface area (Å²) in [6, 6.07) is 0. The molecule has 5 heteroatoms. The van der Waals surface area contributed by atoms with E-state index in [1.54, 1.807) is 0 Å². The third-order valence-corrected chi connectivity index (χ3v) is 1.56. The molecule has 1 aliphatic heterocycles. The molecule has 0 saturated carbocycles. The Hall–Kier alpha value is 0.130. The van der Waals surface area contributed by atoms with Gasteiger partial charge in [-0.3, -0.25) is 0 Å². The summed E-state index contributed by atoms with van der Waals surface area (Å²) < 4.78 is 15.1. The Kier molecular flexibility index (Phi) is 4.11. The molecule has 0 aromatic rings. The highest BCUT2D eigenvalue weighted by molar-refractivity contribution is 6.20. The van der Waals surface area contributed by atoms with E-state index in [-0.39, 0.29) is 13.2 Å². The third kappa shape index (κ3) is 2.92. The van der Waals surface area contributed by atoms with Crippen molar-refractivity contribution in [3.63, 3.8) is 0 Å². The van der Waals surface area contributed by atoms with Gasteiger partial charge < -0.3 is 19.3 Å². The number of ether oxygens (including phenoxy) is 3. The van der Waals surface area contributed by atoms with Gasteiger partial charge in [0, 0.05) is 0 Å². The monoisotopic (exact) mass is 182 g/mol. The molecule has 1 N–H and O–H groups in total. The van der Waals surface area contributed by atoms with Gasteiger partial charge in [-0.05, 0) is 0 Å². The topological polar surface area (TPSA) is 47.9 Å². The molecule has 2 unspecified atom stereocenters. The number of aliphatic hydroxyl groups excluding tert-OH is 1. The number of aliphatic hydroxyl groups is 1. The van der Waals surface area contributed by atoms with Crippen LogP contribution in [-0.4, -0.2) is 43.4 Å². The first-order chi connectivity index (χ1) is 5.34. The van der Waals surface area contributed by atoms with Crippen LogP contribution in [0.2, 0.25) is 0 Å². The maximum absolute atomic E-state index is 8.42. The van der Waals surface area contributed by atoms with E-state index in [9.17, 15) is 0 Å². The SMILES string of the molecule is OCCOC1OCCOC1Cl. The summed E-state index contributed by atoms with van der Waals surface area (Å²) in [5, 5.41) is 8.42. The van der Waals surface area contributed by atoms with Crippen molar-refractivity contribution in [1.82, 2.24) is 0 Å². The van der Waals surface area contributed by atoms with Crippen molar-refractivity contribution in [2.45, 2.75) is 11.9 Å². The molecule has 1 rings (SSSR count). The Morgan fingerprint density at radius 3 is 2.82 bits per heavy atom. The molecular weight excluding hydrogens is 172 g/mol. The zero-order valence-corrected chi connectivity index (χ0v) is 6.79. The average Bonchev–Trinajstić information content (AvgIpc) is 2.03. The molecular formula is C6H11ClO4. The summed E-state index contributed by atoms with van der Waals surface area (Å²) >= 11 is 5.66. The van der Waals surface area contributed by atoms with Crippen LogP contribution in [0.15, 0.2) is 0 Å². The molecule has 0 radical (unpaired) electrons. The van der Waals surface area contributed by atoms with Crippen LogP contribution in [0, 0.1) is 0 Å². The predicted molar refractivity (Wildman–Crippen MR) is 38.4 cm³/mol. The molecule has 4 nitrogen and oxygen atoms in total. The summed E-state index contributed by atoms with van der Waals surface area (Å²) in [6.07, 6.45) is -0.544. The molecule has 1 heterocycles. The van der Waals surface area contributed by atoms with E-state index in [0.717, 1.165) is 0 Å². The fourth-order valence-corrected chi connectivity index (χ4v) is 1.01. The lowest BCUT2D eigenvalue weighted by atomic mass is 10.6. The van der Waals surface area contributed by atoms with Crippen molar-refractivity contribution in [2.75, 3.05) is 26.4 Å². The van der Waals surface area contributed by atoms with Gasteiger partial charge in [0.15, 0.2) is 11.9 Å². The number of alkyl halides is 1. The van der Waals surface area contributed by atoms with Gasteiger partial charge in [0.25, 0.3) is 0 Å². The molecule has 11 heavy (non-hydrogen) atoms. The zero-order valence-electron chi connectivity index (χ0n) is 6.03. The summed E-state index contributed by atoms with van der Waals surface area (Å²) in [7, 11) is 0. The van der Waals surface area contributed by atoms with Gasteiger partial charge in [0.1, 0.15) is 0 Å². The van der Waals surface area contributed by atoms with E-state index in [4.69, 9.17) is 30.9 Å². The van der Waals surface area contributed by atoms with Gasteiger partial charge >= 0.3 is 0 Å². The Balaban J connectivity index is 2.18. The molecule has 66 valence electrons. The van der Waals surface area contributed by atoms with Crippen molar-refractivity contribution < 1.29 is 19.3 Å². The van der Waals surface area contributed by atoms with E-state index in [0.29, 0.717) is 13.2 Å². The van der Waals surface area contributed by atoms with Crippen LogP contribution in [0.3, 0.4) is 0 Å². The normalized spacial score (nSPS) is 32.2. The predicted octanol–water partition coefficient (Wildman–Crippen LogP) is -0.0669. The fraction of sp³-hybridized carbons (Fsp3) is 1.00. The molecule has 0 aromatic heterocycles. The van der Waals surface area contributed by atoms with Gasteiger partial charge in [0.05, 0.1) is 26.4 Å². The summed E-state index contributed by atoms with van der Waals surface area (Å²) in [5.41, 5.74) is -0.560. The average molecular weight is 183 g/mol. The largest absolute Gasteiger partial charge is 0.394 e. The first-order valence-corrected chi connectivity index (χ1v) is 3.88. The summed E-state index contributed by atoms with van der Waals surface area (Å²) in [5.74, 6) is 0. The van der Waals surface area contributed by atoms with E-state index < -0.39 is 11.9 Å². The minimum absolute atomic E-state index is 0.0382. The highest BCUT2D eigenvalue weighted by Crippen LogP contribution is 2.14. The van der Waals surface area contributed by atoms with Crippen LogP contribution in [0.25, 0.3) is 0 Å². The van der Waals surface area contributed by atoms with Gasteiger partial charge in [-0.2, -0.15) is 0 Å². The van der Waals surface area contributed by atoms with Crippen LogP contribution in [0.4, 0.5) is 0 Å². The number of hydrogen-bond acceptors (Lipinski definition) is 4. The van der Waals surface area contributed by atoms with Gasteiger partial charge in [0.2, 0.25) is 0 Å². The first kappa shape index (κ1) is 9.22.